The standard InChI is InChI=1S/C34H44N2O5/c1-6-27-17-16-25(20-35-32(23-39-5)34(38)41-29-13-9-10-14-29)19-31(27)36-30(15-11-12-26-21-40-22-26)28(7-2)18-24(4)33(37)8-3/h3,7,11,15-19,26,29,32,35H,6,9-10,12-14,20-23H2,1-2,4-5H3/b15-11-,24-18-,28-7+,36-30?/t32-/m0/s1. The predicted octanol–water partition coefficient (Wildman–Crippen LogP) is 5.60. The largest absolute Gasteiger partial charge is 0.461 e. The van der Waals surface area contributed by atoms with Gasteiger partial charge in [-0.1, -0.05) is 31.2 Å². The van der Waals surface area contributed by atoms with Crippen molar-refractivity contribution in [2.24, 2.45) is 10.9 Å². The van der Waals surface area contributed by atoms with Crippen LogP contribution in [0.5, 0.6) is 0 Å². The third-order valence-electron chi connectivity index (χ3n) is 7.45. The zero-order valence-corrected chi connectivity index (χ0v) is 24.9. The highest BCUT2D eigenvalue weighted by molar-refractivity contribution is 6.14. The number of hydrogen-bond donors (Lipinski definition) is 1. The first-order valence-electron chi connectivity index (χ1n) is 14.6. The fourth-order valence-electron chi connectivity index (χ4n) is 4.83. The second-order valence-electron chi connectivity index (χ2n) is 10.6. The number of terminal acetylenes is 1. The number of nitrogens with one attached hydrogen (secondary N) is 1. The molecule has 1 saturated carbocycles. The molecule has 1 aliphatic carbocycles. The lowest BCUT2D eigenvalue weighted by Crippen LogP contribution is -2.42. The first kappa shape index (κ1) is 32.2. The summed E-state index contributed by atoms with van der Waals surface area (Å²) < 4.78 is 16.3. The van der Waals surface area contributed by atoms with E-state index in [-0.39, 0.29) is 24.5 Å². The molecule has 7 nitrogen and oxygen atoms in total. The molecule has 1 atom stereocenters. The lowest BCUT2D eigenvalue weighted by molar-refractivity contribution is -0.152. The Balaban J connectivity index is 1.86. The summed E-state index contributed by atoms with van der Waals surface area (Å²) in [7, 11) is 1.58. The van der Waals surface area contributed by atoms with E-state index < -0.39 is 6.04 Å². The Bertz CT molecular complexity index is 1210. The summed E-state index contributed by atoms with van der Waals surface area (Å²) in [6.45, 7) is 7.97. The Labute approximate surface area is 245 Å². The number of ether oxygens (including phenoxy) is 3. The van der Waals surface area contributed by atoms with Crippen LogP contribution in [0.25, 0.3) is 0 Å². The number of hydrogen-bond acceptors (Lipinski definition) is 7. The maximum Gasteiger partial charge on any atom is 0.325 e. The molecule has 2 aliphatic rings. The molecule has 7 heteroatoms. The van der Waals surface area contributed by atoms with Crippen molar-refractivity contribution >= 4 is 23.2 Å². The average Bonchev–Trinajstić information content (AvgIpc) is 3.47. The molecule has 1 aromatic carbocycles. The fraction of sp³-hybridized carbons (Fsp3) is 0.500. The number of allylic oxidation sites excluding steroid dienone is 6. The van der Waals surface area contributed by atoms with Crippen molar-refractivity contribution in [3.63, 3.8) is 0 Å². The van der Waals surface area contributed by atoms with Gasteiger partial charge in [0.05, 0.1) is 31.2 Å². The van der Waals surface area contributed by atoms with Crippen LogP contribution in [0.15, 0.2) is 58.6 Å². The number of benzene rings is 1. The van der Waals surface area contributed by atoms with E-state index in [1.54, 1.807) is 20.1 Å². The summed E-state index contributed by atoms with van der Waals surface area (Å²) >= 11 is 0. The normalized spacial score (nSPS) is 17.9. The van der Waals surface area contributed by atoms with Crippen molar-refractivity contribution in [1.82, 2.24) is 5.32 Å². The molecule has 1 saturated heterocycles. The quantitative estimate of drug-likeness (QED) is 0.0751. The molecular formula is C34H44N2O5. The number of esters is 1. The SMILES string of the molecule is C#CC(=O)/C(C)=C\C(=C/C)C(/C=C\CC1COC1)=Nc1cc(CN[C@@H](COC)C(=O)OC2CCCC2)ccc1CC. The van der Waals surface area contributed by atoms with Crippen LogP contribution in [-0.4, -0.2) is 56.5 Å². The van der Waals surface area contributed by atoms with Gasteiger partial charge in [-0.2, -0.15) is 0 Å². The zero-order valence-electron chi connectivity index (χ0n) is 24.9. The molecule has 0 unspecified atom stereocenters. The van der Waals surface area contributed by atoms with E-state index >= 15 is 0 Å². The Kier molecular flexibility index (Phi) is 13.2. The van der Waals surface area contributed by atoms with Crippen LogP contribution in [0, 0.1) is 18.3 Å². The summed E-state index contributed by atoms with van der Waals surface area (Å²) in [4.78, 5) is 30.0. The maximum absolute atomic E-state index is 12.8. The molecule has 220 valence electrons. The Morgan fingerprint density at radius 3 is 2.63 bits per heavy atom. The Morgan fingerprint density at radius 1 is 1.27 bits per heavy atom. The van der Waals surface area contributed by atoms with E-state index in [2.05, 4.69) is 36.4 Å². The van der Waals surface area contributed by atoms with Gasteiger partial charge in [-0.25, -0.2) is 4.99 Å². The number of carbonyl (C=O) groups excluding carboxylic acids is 2. The minimum Gasteiger partial charge on any atom is -0.461 e. The monoisotopic (exact) mass is 560 g/mol. The lowest BCUT2D eigenvalue weighted by atomic mass is 10.0. The van der Waals surface area contributed by atoms with Crippen molar-refractivity contribution < 1.29 is 23.8 Å². The Morgan fingerprint density at radius 2 is 2.02 bits per heavy atom. The maximum atomic E-state index is 12.8. The summed E-state index contributed by atoms with van der Waals surface area (Å²) in [6.07, 6.45) is 19.0. The summed E-state index contributed by atoms with van der Waals surface area (Å²) in [5.74, 6) is 2.08. The molecule has 1 aliphatic heterocycles. The molecule has 3 rings (SSSR count). The summed E-state index contributed by atoms with van der Waals surface area (Å²) in [5, 5.41) is 3.32. The van der Waals surface area contributed by atoms with Crippen molar-refractivity contribution in [1.29, 1.82) is 0 Å². The number of aryl methyl sites for hydroxylation is 1. The fourth-order valence-corrected chi connectivity index (χ4v) is 4.83. The highest BCUT2D eigenvalue weighted by Gasteiger charge is 2.25. The van der Waals surface area contributed by atoms with Gasteiger partial charge in [-0.05, 0) is 93.2 Å². The molecule has 0 bridgehead atoms. The first-order chi connectivity index (χ1) is 19.9. The third-order valence-corrected chi connectivity index (χ3v) is 7.45. The zero-order chi connectivity index (χ0) is 29.6. The third kappa shape index (κ3) is 9.93. The number of carbonyl (C=O) groups is 2. The van der Waals surface area contributed by atoms with Crippen LogP contribution in [0.2, 0.25) is 0 Å². The van der Waals surface area contributed by atoms with Crippen LogP contribution < -0.4 is 5.32 Å². The van der Waals surface area contributed by atoms with Gasteiger partial charge in [0, 0.05) is 25.1 Å². The van der Waals surface area contributed by atoms with E-state index in [1.165, 1.54) is 0 Å². The second-order valence-corrected chi connectivity index (χ2v) is 10.6. The molecule has 0 spiro atoms. The number of aliphatic imine (C=N–C) groups is 1. The van der Waals surface area contributed by atoms with E-state index in [0.29, 0.717) is 18.0 Å². The predicted molar refractivity (Wildman–Crippen MR) is 163 cm³/mol. The van der Waals surface area contributed by atoms with Gasteiger partial charge in [0.2, 0.25) is 5.78 Å². The molecule has 41 heavy (non-hydrogen) atoms. The number of nitrogens with zero attached hydrogens (tertiary/aromatic N) is 1. The number of Topliss-reactive ketones (excluding diaryl/α,β-unsaturated/α-hetero) is 1. The lowest BCUT2D eigenvalue weighted by Gasteiger charge is -2.24. The van der Waals surface area contributed by atoms with Crippen molar-refractivity contribution in [2.75, 3.05) is 26.9 Å². The van der Waals surface area contributed by atoms with E-state index in [1.807, 2.05) is 25.1 Å². The van der Waals surface area contributed by atoms with Crippen molar-refractivity contribution in [3.05, 3.63) is 64.8 Å². The average molecular weight is 561 g/mol. The van der Waals surface area contributed by atoms with Gasteiger partial charge in [0.15, 0.2) is 0 Å². The molecule has 0 aromatic heterocycles. The van der Waals surface area contributed by atoms with Gasteiger partial charge in [-0.3, -0.25) is 14.9 Å². The highest BCUT2D eigenvalue weighted by atomic mass is 16.5. The smallest absolute Gasteiger partial charge is 0.325 e. The molecule has 0 radical (unpaired) electrons. The van der Waals surface area contributed by atoms with Crippen LogP contribution >= 0.6 is 0 Å². The van der Waals surface area contributed by atoms with Gasteiger partial charge < -0.3 is 14.2 Å². The van der Waals surface area contributed by atoms with Crippen LogP contribution in [-0.2, 0) is 36.8 Å². The Hall–Kier alpha value is -3.31. The van der Waals surface area contributed by atoms with Gasteiger partial charge in [0.25, 0.3) is 0 Å². The van der Waals surface area contributed by atoms with Gasteiger partial charge in [0.1, 0.15) is 12.1 Å². The molecule has 1 N–H and O–H groups in total. The highest BCUT2D eigenvalue weighted by Crippen LogP contribution is 2.25. The van der Waals surface area contributed by atoms with Gasteiger partial charge in [-0.15, -0.1) is 6.42 Å². The van der Waals surface area contributed by atoms with Crippen LogP contribution in [0.3, 0.4) is 0 Å². The molecule has 1 aromatic rings. The summed E-state index contributed by atoms with van der Waals surface area (Å²) in [6, 6.07) is 5.62. The van der Waals surface area contributed by atoms with Crippen molar-refractivity contribution in [3.8, 4) is 12.3 Å². The molecule has 2 fully saturated rings. The van der Waals surface area contributed by atoms with Crippen LogP contribution in [0.1, 0.15) is 64.0 Å². The van der Waals surface area contributed by atoms with E-state index in [4.69, 9.17) is 25.6 Å². The second kappa shape index (κ2) is 16.8. The van der Waals surface area contributed by atoms with E-state index in [9.17, 15) is 9.59 Å². The minimum atomic E-state index is -0.552. The molecule has 1 heterocycles. The minimum absolute atomic E-state index is 0.00570. The number of methoxy groups -OCH3 is 1. The first-order valence-corrected chi connectivity index (χ1v) is 14.6. The van der Waals surface area contributed by atoms with E-state index in [0.717, 1.165) is 79.8 Å². The number of ketones is 1. The molecular weight excluding hydrogens is 516 g/mol. The van der Waals surface area contributed by atoms with Crippen molar-refractivity contribution in [2.45, 2.75) is 78.0 Å². The number of rotatable bonds is 15. The van der Waals surface area contributed by atoms with Gasteiger partial charge >= 0.3 is 5.97 Å². The summed E-state index contributed by atoms with van der Waals surface area (Å²) in [5.41, 5.74) is 4.96. The topological polar surface area (TPSA) is 86.2 Å². The molecule has 0 amide bonds. The van der Waals surface area contributed by atoms with Crippen LogP contribution in [0.4, 0.5) is 5.69 Å².